The quantitative estimate of drug-likeness (QED) is 0.383. The summed E-state index contributed by atoms with van der Waals surface area (Å²) in [5.74, 6) is 0. The molecular weight excluding hydrogens is 338 g/mol. The van der Waals surface area contributed by atoms with Gasteiger partial charge in [0.05, 0.1) is 0 Å². The molecule has 0 saturated carbocycles. The first-order valence-electron chi connectivity index (χ1n) is 4.34. The number of halogens is 1. The van der Waals surface area contributed by atoms with E-state index in [0.717, 1.165) is 4.47 Å². The van der Waals surface area contributed by atoms with Gasteiger partial charge in [-0.05, 0) is 12.1 Å². The predicted octanol–water partition coefficient (Wildman–Crippen LogP) is 4.46. The second-order valence-corrected chi connectivity index (χ2v) is 3.38. The Morgan fingerprint density at radius 3 is 1.56 bits per heavy atom. The summed E-state index contributed by atoms with van der Waals surface area (Å²) in [6, 6.07) is 17.2. The molecule has 0 aliphatic heterocycles. The SMILES string of the molecule is [C-]#[O+].[C-]#[O+].[Fe+2].[NH-]c1ccc(Br)cc1.c1cc[cH-]c1. The first-order chi connectivity index (χ1) is 8.29. The van der Waals surface area contributed by atoms with E-state index in [1.165, 1.54) is 0 Å². The van der Waals surface area contributed by atoms with Crippen LogP contribution in [0.25, 0.3) is 5.73 Å². The van der Waals surface area contributed by atoms with E-state index in [9.17, 15) is 0 Å². The first kappa shape index (κ1) is 22.1. The van der Waals surface area contributed by atoms with Gasteiger partial charge in [-0.25, -0.2) is 12.1 Å². The minimum atomic E-state index is 0. The first-order valence-corrected chi connectivity index (χ1v) is 5.13. The van der Waals surface area contributed by atoms with Gasteiger partial charge in [-0.15, -0.1) is 5.69 Å². The van der Waals surface area contributed by atoms with Crippen molar-refractivity contribution in [1.82, 2.24) is 0 Å². The van der Waals surface area contributed by atoms with Gasteiger partial charge in [0.2, 0.25) is 0 Å². The number of nitrogens with one attached hydrogen (secondary N) is 1. The van der Waals surface area contributed by atoms with Crippen LogP contribution < -0.4 is 0 Å². The van der Waals surface area contributed by atoms with Gasteiger partial charge in [0.25, 0.3) is 0 Å². The van der Waals surface area contributed by atoms with Gasteiger partial charge in [-0.3, -0.25) is 0 Å². The van der Waals surface area contributed by atoms with Crippen molar-refractivity contribution in [1.29, 1.82) is 0 Å². The van der Waals surface area contributed by atoms with Crippen molar-refractivity contribution in [2.45, 2.75) is 0 Å². The van der Waals surface area contributed by atoms with Crippen molar-refractivity contribution >= 4 is 21.6 Å². The zero-order valence-corrected chi connectivity index (χ0v) is 11.9. The number of hydrogen-bond acceptors (Lipinski definition) is 0. The summed E-state index contributed by atoms with van der Waals surface area (Å²) in [5.41, 5.74) is 7.62. The molecule has 0 spiro atoms. The van der Waals surface area contributed by atoms with Crippen molar-refractivity contribution in [3.63, 3.8) is 0 Å². The summed E-state index contributed by atoms with van der Waals surface area (Å²) in [7, 11) is 0. The Hall–Kier alpha value is -1.15. The maximum absolute atomic E-state index is 7.50. The van der Waals surface area contributed by atoms with E-state index >= 15 is 0 Å². The largest absolute Gasteiger partial charge is 2.00 e. The minimum absolute atomic E-state index is 0. The molecule has 0 bridgehead atoms. The van der Waals surface area contributed by atoms with Gasteiger partial charge < -0.3 is 5.73 Å². The molecule has 0 fully saturated rings. The van der Waals surface area contributed by atoms with Crippen molar-refractivity contribution in [3.05, 3.63) is 78.1 Å². The molecule has 2 aromatic rings. The molecule has 0 atom stereocenters. The van der Waals surface area contributed by atoms with Gasteiger partial charge in [0.1, 0.15) is 0 Å². The van der Waals surface area contributed by atoms with Gasteiger partial charge >= 0.3 is 39.7 Å². The van der Waals surface area contributed by atoms with E-state index in [2.05, 4.69) is 29.2 Å². The van der Waals surface area contributed by atoms with Crippen LogP contribution in [0, 0.1) is 13.3 Å². The fraction of sp³-hybridized carbons (Fsp3) is 0. The van der Waals surface area contributed by atoms with Crippen LogP contribution in [0.2, 0.25) is 0 Å². The molecule has 18 heavy (non-hydrogen) atoms. The Kier molecular flexibility index (Phi) is 22.3. The fourth-order valence-electron chi connectivity index (χ4n) is 0.771. The minimum Gasteiger partial charge on any atom is -0.699 e. The molecule has 0 aromatic heterocycles. The number of rotatable bonds is 0. The van der Waals surface area contributed by atoms with Crippen LogP contribution in [0.4, 0.5) is 5.69 Å². The maximum Gasteiger partial charge on any atom is 2.00 e. The molecule has 0 aliphatic carbocycles. The van der Waals surface area contributed by atoms with Crippen molar-refractivity contribution in [2.24, 2.45) is 0 Å². The molecular formula is C13H10BrFeNO2. The van der Waals surface area contributed by atoms with Crippen LogP contribution >= 0.6 is 15.9 Å². The summed E-state index contributed by atoms with van der Waals surface area (Å²) in [4.78, 5) is 0. The van der Waals surface area contributed by atoms with E-state index in [1.54, 1.807) is 12.1 Å². The third kappa shape index (κ3) is 14.8. The topological polar surface area (TPSA) is 63.6 Å². The smallest absolute Gasteiger partial charge is 0.699 e. The predicted molar refractivity (Wildman–Crippen MR) is 68.0 cm³/mol. The average Bonchev–Trinajstić information content (AvgIpc) is 2.97. The molecule has 0 radical (unpaired) electrons. The Morgan fingerprint density at radius 2 is 1.33 bits per heavy atom. The second kappa shape index (κ2) is 18.2. The summed E-state index contributed by atoms with van der Waals surface area (Å²) >= 11 is 3.26. The summed E-state index contributed by atoms with van der Waals surface area (Å²) < 4.78 is 16.0. The van der Waals surface area contributed by atoms with Crippen LogP contribution in [0.15, 0.2) is 59.1 Å². The third-order valence-electron chi connectivity index (χ3n) is 1.40. The molecule has 2 aromatic carbocycles. The Labute approximate surface area is 126 Å². The Bertz CT molecular complexity index is 352. The average molecular weight is 348 g/mol. The molecule has 0 heterocycles. The van der Waals surface area contributed by atoms with E-state index < -0.39 is 0 Å². The van der Waals surface area contributed by atoms with Crippen molar-refractivity contribution < 1.29 is 26.4 Å². The zero-order valence-electron chi connectivity index (χ0n) is 9.24. The normalized spacial score (nSPS) is 6.50. The number of hydrogen-bond donors (Lipinski definition) is 0. The van der Waals surface area contributed by atoms with Crippen LogP contribution in [0.1, 0.15) is 0 Å². The molecule has 2 rings (SSSR count). The van der Waals surface area contributed by atoms with Crippen molar-refractivity contribution in [2.75, 3.05) is 0 Å². The third-order valence-corrected chi connectivity index (χ3v) is 1.93. The molecule has 0 amide bonds. The number of benzene rings is 1. The fourth-order valence-corrected chi connectivity index (χ4v) is 1.03. The van der Waals surface area contributed by atoms with E-state index in [0.29, 0.717) is 5.69 Å². The molecule has 0 aliphatic rings. The van der Waals surface area contributed by atoms with E-state index in [-0.39, 0.29) is 17.1 Å². The van der Waals surface area contributed by atoms with Crippen LogP contribution in [0.5, 0.6) is 0 Å². The van der Waals surface area contributed by atoms with Gasteiger partial charge in [0, 0.05) is 4.47 Å². The summed E-state index contributed by atoms with van der Waals surface area (Å²) in [6.45, 7) is 9.00. The Morgan fingerprint density at radius 1 is 0.944 bits per heavy atom. The van der Waals surface area contributed by atoms with Crippen molar-refractivity contribution in [3.8, 4) is 0 Å². The van der Waals surface area contributed by atoms with Gasteiger partial charge in [-0.1, -0.05) is 28.1 Å². The monoisotopic (exact) mass is 347 g/mol. The van der Waals surface area contributed by atoms with Crippen LogP contribution in [-0.4, -0.2) is 0 Å². The molecule has 94 valence electrons. The van der Waals surface area contributed by atoms with Gasteiger partial charge in [0.15, 0.2) is 0 Å². The van der Waals surface area contributed by atoms with Crippen LogP contribution in [-0.2, 0) is 26.4 Å². The Balaban J connectivity index is -0.000000196. The van der Waals surface area contributed by atoms with Gasteiger partial charge in [-0.2, -0.15) is 18.2 Å². The van der Waals surface area contributed by atoms with Crippen LogP contribution in [0.3, 0.4) is 0 Å². The maximum atomic E-state index is 7.50. The molecule has 0 saturated heterocycles. The molecule has 3 nitrogen and oxygen atoms in total. The van der Waals surface area contributed by atoms with E-state index in [4.69, 9.17) is 15.0 Å². The standard InChI is InChI=1S/C6H5BrN.C5H5.2CO.Fe/c7-5-1-3-6(8)4-2-5;1-2-4-5-3-1;2*1-2;/h1-4,8H;1-5H;;;/q2*-1;;;+2. The molecule has 0 unspecified atom stereocenters. The molecule has 5 heteroatoms. The summed E-state index contributed by atoms with van der Waals surface area (Å²) in [5, 5.41) is 0. The molecule has 1 N–H and O–H groups in total. The van der Waals surface area contributed by atoms with E-state index in [1.807, 2.05) is 42.5 Å². The summed E-state index contributed by atoms with van der Waals surface area (Å²) in [6.07, 6.45) is 0. The second-order valence-electron chi connectivity index (χ2n) is 2.47. The zero-order chi connectivity index (χ0) is 13.5.